The van der Waals surface area contributed by atoms with Crippen LogP contribution >= 0.6 is 0 Å². The molecule has 0 aliphatic rings. The van der Waals surface area contributed by atoms with Gasteiger partial charge in [0.05, 0.1) is 5.60 Å². The lowest BCUT2D eigenvalue weighted by Gasteiger charge is -2.27. The molecule has 0 spiro atoms. The van der Waals surface area contributed by atoms with Crippen LogP contribution in [-0.4, -0.2) is 13.7 Å². The minimum absolute atomic E-state index is 0.283. The Morgan fingerprint density at radius 2 is 1.82 bits per heavy atom. The molecule has 0 aliphatic carbocycles. The highest BCUT2D eigenvalue weighted by Crippen LogP contribution is 2.30. The average molecular weight is 294 g/mol. The van der Waals surface area contributed by atoms with E-state index in [-0.39, 0.29) is 5.60 Å². The molecule has 0 bridgehead atoms. The van der Waals surface area contributed by atoms with Crippen LogP contribution in [0.15, 0.2) is 54.6 Å². The van der Waals surface area contributed by atoms with Gasteiger partial charge in [0.2, 0.25) is 0 Å². The summed E-state index contributed by atoms with van der Waals surface area (Å²) in [7, 11) is 1.74. The van der Waals surface area contributed by atoms with Crippen LogP contribution in [-0.2, 0) is 10.3 Å². The normalized spacial score (nSPS) is 12.9. The number of rotatable bonds is 5. The molecule has 0 saturated carbocycles. The van der Waals surface area contributed by atoms with E-state index in [1.165, 1.54) is 0 Å². The van der Waals surface area contributed by atoms with Gasteiger partial charge in [-0.1, -0.05) is 49.1 Å². The highest BCUT2D eigenvalue weighted by Gasteiger charge is 2.23. The summed E-state index contributed by atoms with van der Waals surface area (Å²) >= 11 is 0. The number of methoxy groups -OCH3 is 1. The Balaban J connectivity index is 2.01. The molecule has 0 radical (unpaired) electrons. The van der Waals surface area contributed by atoms with E-state index in [9.17, 15) is 0 Å². The molecule has 2 aromatic rings. The van der Waals surface area contributed by atoms with Crippen LogP contribution in [0.4, 0.5) is 0 Å². The molecule has 114 valence electrons. The van der Waals surface area contributed by atoms with Gasteiger partial charge in [0.25, 0.3) is 0 Å². The second kappa shape index (κ2) is 7.68. The monoisotopic (exact) mass is 294 g/mol. The molecule has 0 fully saturated rings. The van der Waals surface area contributed by atoms with E-state index in [1.54, 1.807) is 7.11 Å². The number of benzene rings is 2. The third-order valence-corrected chi connectivity index (χ3v) is 3.89. The second-order valence-electron chi connectivity index (χ2n) is 5.27. The predicted molar refractivity (Wildman–Crippen MR) is 89.9 cm³/mol. The molecular weight excluding hydrogens is 272 g/mol. The van der Waals surface area contributed by atoms with Crippen molar-refractivity contribution < 1.29 is 9.47 Å². The molecule has 1 atom stereocenters. The molecule has 0 heterocycles. The fourth-order valence-corrected chi connectivity index (χ4v) is 2.16. The SMILES string of the molecule is CCC(C)(OC)c1cccc(OCC#Cc2ccccc2)c1. The van der Waals surface area contributed by atoms with Crippen LogP contribution in [0.1, 0.15) is 31.4 Å². The van der Waals surface area contributed by atoms with E-state index in [1.807, 2.05) is 48.5 Å². The molecule has 0 aromatic heterocycles. The number of hydrogen-bond donors (Lipinski definition) is 0. The van der Waals surface area contributed by atoms with Gasteiger partial charge in [-0.25, -0.2) is 0 Å². The van der Waals surface area contributed by atoms with Gasteiger partial charge in [0.1, 0.15) is 12.4 Å². The Morgan fingerprint density at radius 3 is 2.50 bits per heavy atom. The Labute approximate surface area is 133 Å². The molecule has 2 heteroatoms. The molecule has 0 saturated heterocycles. The van der Waals surface area contributed by atoms with Gasteiger partial charge in [-0.2, -0.15) is 0 Å². The van der Waals surface area contributed by atoms with Crippen molar-refractivity contribution in [2.24, 2.45) is 0 Å². The van der Waals surface area contributed by atoms with Gasteiger partial charge in [-0.15, -0.1) is 0 Å². The lowest BCUT2D eigenvalue weighted by Crippen LogP contribution is -2.23. The molecule has 0 amide bonds. The highest BCUT2D eigenvalue weighted by atomic mass is 16.5. The summed E-state index contributed by atoms with van der Waals surface area (Å²) in [4.78, 5) is 0. The first-order valence-corrected chi connectivity index (χ1v) is 7.50. The lowest BCUT2D eigenvalue weighted by atomic mass is 9.93. The van der Waals surface area contributed by atoms with Crippen LogP contribution in [0.5, 0.6) is 5.75 Å². The van der Waals surface area contributed by atoms with Crippen LogP contribution < -0.4 is 4.74 Å². The maximum Gasteiger partial charge on any atom is 0.149 e. The van der Waals surface area contributed by atoms with E-state index in [0.29, 0.717) is 6.61 Å². The Hall–Kier alpha value is -2.24. The Kier molecular flexibility index (Phi) is 5.63. The van der Waals surface area contributed by atoms with E-state index in [2.05, 4.69) is 31.8 Å². The maximum atomic E-state index is 5.72. The van der Waals surface area contributed by atoms with E-state index < -0.39 is 0 Å². The van der Waals surface area contributed by atoms with Crippen molar-refractivity contribution in [3.63, 3.8) is 0 Å². The zero-order valence-electron chi connectivity index (χ0n) is 13.4. The summed E-state index contributed by atoms with van der Waals surface area (Å²) in [6.07, 6.45) is 0.904. The molecular formula is C20H22O2. The third kappa shape index (κ3) is 4.13. The van der Waals surface area contributed by atoms with Crippen molar-refractivity contribution in [1.82, 2.24) is 0 Å². The minimum atomic E-state index is -0.283. The minimum Gasteiger partial charge on any atom is -0.481 e. The first-order chi connectivity index (χ1) is 10.7. The van der Waals surface area contributed by atoms with Gasteiger partial charge in [0, 0.05) is 12.7 Å². The summed E-state index contributed by atoms with van der Waals surface area (Å²) in [5, 5.41) is 0. The summed E-state index contributed by atoms with van der Waals surface area (Å²) in [6.45, 7) is 4.57. The van der Waals surface area contributed by atoms with Crippen molar-refractivity contribution in [1.29, 1.82) is 0 Å². The van der Waals surface area contributed by atoms with Crippen molar-refractivity contribution in [3.8, 4) is 17.6 Å². The zero-order valence-corrected chi connectivity index (χ0v) is 13.4. The van der Waals surface area contributed by atoms with Crippen LogP contribution in [0.25, 0.3) is 0 Å². The van der Waals surface area contributed by atoms with Crippen molar-refractivity contribution in [2.75, 3.05) is 13.7 Å². The average Bonchev–Trinajstić information content (AvgIpc) is 2.59. The summed E-state index contributed by atoms with van der Waals surface area (Å²) in [5.41, 5.74) is 1.83. The van der Waals surface area contributed by atoms with Crippen molar-refractivity contribution >= 4 is 0 Å². The molecule has 2 aromatic carbocycles. The zero-order chi connectivity index (χ0) is 15.8. The first kappa shape index (κ1) is 16.1. The second-order valence-corrected chi connectivity index (χ2v) is 5.27. The van der Waals surface area contributed by atoms with E-state index in [0.717, 1.165) is 23.3 Å². The van der Waals surface area contributed by atoms with E-state index >= 15 is 0 Å². The topological polar surface area (TPSA) is 18.5 Å². The molecule has 2 rings (SSSR count). The van der Waals surface area contributed by atoms with Gasteiger partial charge in [0.15, 0.2) is 0 Å². The van der Waals surface area contributed by atoms with Crippen LogP contribution in [0, 0.1) is 11.8 Å². The summed E-state index contributed by atoms with van der Waals surface area (Å²) in [5.74, 6) is 6.93. The first-order valence-electron chi connectivity index (χ1n) is 7.50. The van der Waals surface area contributed by atoms with Gasteiger partial charge in [-0.05, 0) is 43.2 Å². The quantitative estimate of drug-likeness (QED) is 0.761. The van der Waals surface area contributed by atoms with Gasteiger partial charge < -0.3 is 9.47 Å². The molecule has 0 N–H and O–H groups in total. The number of ether oxygens (including phenoxy) is 2. The maximum absolute atomic E-state index is 5.72. The van der Waals surface area contributed by atoms with Gasteiger partial charge in [-0.3, -0.25) is 0 Å². The van der Waals surface area contributed by atoms with Gasteiger partial charge >= 0.3 is 0 Å². The Morgan fingerprint density at radius 1 is 1.05 bits per heavy atom. The molecule has 2 nitrogen and oxygen atoms in total. The van der Waals surface area contributed by atoms with Crippen LogP contribution in [0.3, 0.4) is 0 Å². The molecule has 22 heavy (non-hydrogen) atoms. The smallest absolute Gasteiger partial charge is 0.149 e. The van der Waals surface area contributed by atoms with Crippen LogP contribution in [0.2, 0.25) is 0 Å². The number of hydrogen-bond acceptors (Lipinski definition) is 2. The third-order valence-electron chi connectivity index (χ3n) is 3.89. The predicted octanol–water partition coefficient (Wildman–Crippen LogP) is 4.39. The fraction of sp³-hybridized carbons (Fsp3) is 0.300. The lowest BCUT2D eigenvalue weighted by molar-refractivity contribution is -0.00155. The highest BCUT2D eigenvalue weighted by molar-refractivity contribution is 5.35. The van der Waals surface area contributed by atoms with Crippen molar-refractivity contribution in [3.05, 3.63) is 65.7 Å². The summed E-state index contributed by atoms with van der Waals surface area (Å²) in [6, 6.07) is 17.9. The van der Waals surface area contributed by atoms with E-state index in [4.69, 9.17) is 9.47 Å². The Bertz CT molecular complexity index is 646. The largest absolute Gasteiger partial charge is 0.481 e. The molecule has 1 unspecified atom stereocenters. The molecule has 0 aliphatic heterocycles. The standard InChI is InChI=1S/C20H22O2/c1-4-20(2,21-3)18-13-8-14-19(16-18)22-15-9-12-17-10-6-5-7-11-17/h5-8,10-11,13-14,16H,4,15H2,1-3H3. The summed E-state index contributed by atoms with van der Waals surface area (Å²) < 4.78 is 11.4. The fourth-order valence-electron chi connectivity index (χ4n) is 2.16. The van der Waals surface area contributed by atoms with Crippen molar-refractivity contribution in [2.45, 2.75) is 25.9 Å².